The number of benzene rings is 2. The molecule has 2 unspecified atom stereocenters. The molecule has 17 heavy (non-hydrogen) atoms. The fraction of sp³-hybridized carbons (Fsp3) is 0.250. The first-order valence-corrected chi connectivity index (χ1v) is 6.23. The number of rotatable bonds is 0. The van der Waals surface area contributed by atoms with Crippen molar-refractivity contribution in [3.63, 3.8) is 0 Å². The molecule has 0 fully saturated rings. The van der Waals surface area contributed by atoms with Gasteiger partial charge in [0.2, 0.25) is 0 Å². The molecular weight excluding hydrogens is 208 g/mol. The van der Waals surface area contributed by atoms with Gasteiger partial charge in [-0.3, -0.25) is 0 Å². The maximum absolute atomic E-state index is 5.87. The molecular formula is C16H14O. The Labute approximate surface area is 101 Å². The van der Waals surface area contributed by atoms with Gasteiger partial charge in [-0.05, 0) is 23.6 Å². The predicted molar refractivity (Wildman–Crippen MR) is 67.4 cm³/mol. The molecule has 0 amide bonds. The Morgan fingerprint density at radius 2 is 1.65 bits per heavy atom. The Morgan fingerprint density at radius 3 is 2.59 bits per heavy atom. The van der Waals surface area contributed by atoms with Crippen LogP contribution in [0.5, 0.6) is 5.75 Å². The van der Waals surface area contributed by atoms with E-state index in [0.29, 0.717) is 11.8 Å². The van der Waals surface area contributed by atoms with Crippen LogP contribution in [0.25, 0.3) is 0 Å². The minimum absolute atomic E-state index is 0.552. The summed E-state index contributed by atoms with van der Waals surface area (Å²) in [7, 11) is 0. The van der Waals surface area contributed by atoms with E-state index >= 15 is 0 Å². The van der Waals surface area contributed by atoms with Crippen molar-refractivity contribution in [2.75, 3.05) is 6.61 Å². The van der Waals surface area contributed by atoms with E-state index in [1.54, 1.807) is 0 Å². The first-order chi connectivity index (χ1) is 8.43. The monoisotopic (exact) mass is 222 g/mol. The van der Waals surface area contributed by atoms with Crippen LogP contribution in [0.1, 0.15) is 22.6 Å². The van der Waals surface area contributed by atoms with Gasteiger partial charge in [-0.15, -0.1) is 0 Å². The average Bonchev–Trinajstić information content (AvgIpc) is 2.77. The predicted octanol–water partition coefficient (Wildman–Crippen LogP) is 3.38. The van der Waals surface area contributed by atoms with E-state index in [1.165, 1.54) is 16.7 Å². The molecule has 0 N–H and O–H groups in total. The van der Waals surface area contributed by atoms with Gasteiger partial charge in [-0.2, -0.15) is 0 Å². The standard InChI is InChI=1S/C16H14O/c1-2-6-13-11(5-1)9-12-10-17-15-8-4-3-7-14(15)16(12)13/h1-8,12,16H,9-10H2. The lowest BCUT2D eigenvalue weighted by Crippen LogP contribution is -2.23. The first-order valence-electron chi connectivity index (χ1n) is 6.23. The Balaban J connectivity index is 1.92. The summed E-state index contributed by atoms with van der Waals surface area (Å²) in [5, 5.41) is 0. The molecule has 1 aliphatic heterocycles. The highest BCUT2D eigenvalue weighted by Gasteiger charge is 2.37. The van der Waals surface area contributed by atoms with E-state index in [9.17, 15) is 0 Å². The van der Waals surface area contributed by atoms with Crippen LogP contribution in [0.3, 0.4) is 0 Å². The van der Waals surface area contributed by atoms with Gasteiger partial charge in [0, 0.05) is 17.4 Å². The Bertz CT molecular complexity index is 573. The van der Waals surface area contributed by atoms with E-state index in [1.807, 2.05) is 0 Å². The van der Waals surface area contributed by atoms with Crippen LogP contribution in [-0.4, -0.2) is 6.61 Å². The van der Waals surface area contributed by atoms with Crippen molar-refractivity contribution in [2.24, 2.45) is 5.92 Å². The maximum atomic E-state index is 5.87. The molecule has 2 aromatic rings. The number of fused-ring (bicyclic) bond motifs is 5. The molecule has 0 bridgehead atoms. The van der Waals surface area contributed by atoms with Crippen molar-refractivity contribution < 1.29 is 4.74 Å². The molecule has 1 aliphatic carbocycles. The highest BCUT2D eigenvalue weighted by molar-refractivity contribution is 5.49. The van der Waals surface area contributed by atoms with Crippen molar-refractivity contribution in [3.05, 3.63) is 65.2 Å². The van der Waals surface area contributed by atoms with Crippen LogP contribution in [0, 0.1) is 5.92 Å². The zero-order chi connectivity index (χ0) is 11.2. The number of ether oxygens (including phenoxy) is 1. The summed E-state index contributed by atoms with van der Waals surface area (Å²) in [5.74, 6) is 2.25. The molecule has 1 nitrogen and oxygen atoms in total. The summed E-state index contributed by atoms with van der Waals surface area (Å²) in [6.07, 6.45) is 1.16. The van der Waals surface area contributed by atoms with Crippen molar-refractivity contribution in [1.82, 2.24) is 0 Å². The molecule has 2 atom stereocenters. The lowest BCUT2D eigenvalue weighted by molar-refractivity contribution is 0.215. The average molecular weight is 222 g/mol. The number of hydrogen-bond donors (Lipinski definition) is 0. The third kappa shape index (κ3) is 1.25. The van der Waals surface area contributed by atoms with Crippen molar-refractivity contribution in [1.29, 1.82) is 0 Å². The normalized spacial score (nSPS) is 24.5. The third-order valence-corrected chi connectivity index (χ3v) is 4.05. The van der Waals surface area contributed by atoms with E-state index in [4.69, 9.17) is 4.74 Å². The van der Waals surface area contributed by atoms with Gasteiger partial charge in [-0.1, -0.05) is 42.5 Å². The second-order valence-corrected chi connectivity index (χ2v) is 4.99. The van der Waals surface area contributed by atoms with Gasteiger partial charge in [0.1, 0.15) is 5.75 Å². The van der Waals surface area contributed by atoms with Crippen LogP contribution in [-0.2, 0) is 6.42 Å². The van der Waals surface area contributed by atoms with Crippen molar-refractivity contribution in [2.45, 2.75) is 12.3 Å². The van der Waals surface area contributed by atoms with Gasteiger partial charge in [0.25, 0.3) is 0 Å². The second kappa shape index (κ2) is 3.36. The molecule has 0 radical (unpaired) electrons. The van der Waals surface area contributed by atoms with Crippen LogP contribution in [0.2, 0.25) is 0 Å². The minimum Gasteiger partial charge on any atom is -0.493 e. The Morgan fingerprint density at radius 1 is 0.882 bits per heavy atom. The molecule has 4 rings (SSSR count). The molecule has 2 aliphatic rings. The summed E-state index contributed by atoms with van der Waals surface area (Å²) >= 11 is 0. The largest absolute Gasteiger partial charge is 0.493 e. The number of hydrogen-bond acceptors (Lipinski definition) is 1. The topological polar surface area (TPSA) is 9.23 Å². The summed E-state index contributed by atoms with van der Waals surface area (Å²) in [5.41, 5.74) is 4.38. The van der Waals surface area contributed by atoms with Gasteiger partial charge >= 0.3 is 0 Å². The smallest absolute Gasteiger partial charge is 0.123 e. The Kier molecular flexibility index (Phi) is 1.84. The van der Waals surface area contributed by atoms with Gasteiger partial charge in [0.15, 0.2) is 0 Å². The van der Waals surface area contributed by atoms with E-state index < -0.39 is 0 Å². The summed E-state index contributed by atoms with van der Waals surface area (Å²) in [6, 6.07) is 17.3. The van der Waals surface area contributed by atoms with E-state index in [2.05, 4.69) is 48.5 Å². The molecule has 0 saturated heterocycles. The van der Waals surface area contributed by atoms with Crippen molar-refractivity contribution in [3.8, 4) is 5.75 Å². The molecule has 2 aromatic carbocycles. The third-order valence-electron chi connectivity index (χ3n) is 4.05. The Hall–Kier alpha value is -1.76. The molecule has 84 valence electrons. The van der Waals surface area contributed by atoms with Crippen LogP contribution in [0.15, 0.2) is 48.5 Å². The lowest BCUT2D eigenvalue weighted by Gasteiger charge is -2.29. The van der Waals surface area contributed by atoms with Gasteiger partial charge < -0.3 is 4.74 Å². The zero-order valence-corrected chi connectivity index (χ0v) is 9.60. The maximum Gasteiger partial charge on any atom is 0.123 e. The highest BCUT2D eigenvalue weighted by Crippen LogP contribution is 2.47. The summed E-state index contributed by atoms with van der Waals surface area (Å²) < 4.78 is 5.87. The molecule has 1 heterocycles. The summed E-state index contributed by atoms with van der Waals surface area (Å²) in [4.78, 5) is 0. The van der Waals surface area contributed by atoms with Gasteiger partial charge in [0.05, 0.1) is 6.61 Å². The van der Waals surface area contributed by atoms with E-state index in [0.717, 1.165) is 18.8 Å². The van der Waals surface area contributed by atoms with Crippen LogP contribution in [0.4, 0.5) is 0 Å². The van der Waals surface area contributed by atoms with Gasteiger partial charge in [-0.25, -0.2) is 0 Å². The van der Waals surface area contributed by atoms with Crippen molar-refractivity contribution >= 4 is 0 Å². The zero-order valence-electron chi connectivity index (χ0n) is 9.60. The second-order valence-electron chi connectivity index (χ2n) is 4.99. The quantitative estimate of drug-likeness (QED) is 0.664. The SMILES string of the molecule is c1ccc2c(c1)CC1COc3ccccc3C21. The van der Waals surface area contributed by atoms with Crippen LogP contribution >= 0.6 is 0 Å². The number of para-hydroxylation sites is 1. The highest BCUT2D eigenvalue weighted by atomic mass is 16.5. The fourth-order valence-electron chi connectivity index (χ4n) is 3.32. The molecule has 0 aromatic heterocycles. The summed E-state index contributed by atoms with van der Waals surface area (Å²) in [6.45, 7) is 0.858. The van der Waals surface area contributed by atoms with E-state index in [-0.39, 0.29) is 0 Å². The molecule has 0 saturated carbocycles. The lowest BCUT2D eigenvalue weighted by atomic mass is 9.84. The molecule has 1 heteroatoms. The van der Waals surface area contributed by atoms with Crippen LogP contribution < -0.4 is 4.74 Å². The first kappa shape index (κ1) is 9.29. The fourth-order valence-corrected chi connectivity index (χ4v) is 3.32. The minimum atomic E-state index is 0.552. The molecule has 0 spiro atoms.